The maximum atomic E-state index is 12.3. The number of aromatic nitrogens is 2. The topological polar surface area (TPSA) is 78.4 Å². The fourth-order valence-electron chi connectivity index (χ4n) is 2.85. The number of aliphatic hydroxyl groups excluding tert-OH is 1. The molecule has 0 aliphatic carbocycles. The van der Waals surface area contributed by atoms with Crippen molar-refractivity contribution in [3.05, 3.63) is 53.3 Å². The normalized spacial score (nSPS) is 18.9. The number of halogens is 1. The Labute approximate surface area is 145 Å². The summed E-state index contributed by atoms with van der Waals surface area (Å²) in [6.07, 6.45) is 3.90. The fraction of sp³-hybridized carbons (Fsp3) is 0.353. The molecule has 1 aliphatic heterocycles. The van der Waals surface area contributed by atoms with Crippen molar-refractivity contribution in [1.29, 1.82) is 0 Å². The average Bonchev–Trinajstić information content (AvgIpc) is 2.62. The highest BCUT2D eigenvalue weighted by Gasteiger charge is 2.26. The number of benzene rings is 1. The molecule has 2 atom stereocenters. The van der Waals surface area contributed by atoms with Gasteiger partial charge in [0.05, 0.1) is 0 Å². The molecule has 126 valence electrons. The number of aliphatic hydroxyl groups is 1. The van der Waals surface area contributed by atoms with Crippen molar-refractivity contribution in [2.75, 3.05) is 18.0 Å². The molecule has 0 radical (unpaired) electrons. The summed E-state index contributed by atoms with van der Waals surface area (Å²) < 4.78 is 0. The van der Waals surface area contributed by atoms with Gasteiger partial charge in [-0.25, -0.2) is 9.97 Å². The number of nitrogens with one attached hydrogen (secondary N) is 1. The number of piperidine rings is 1. The van der Waals surface area contributed by atoms with Gasteiger partial charge in [0.25, 0.3) is 5.91 Å². The molecule has 2 heterocycles. The number of hydrogen-bond acceptors (Lipinski definition) is 5. The summed E-state index contributed by atoms with van der Waals surface area (Å²) in [6.45, 7) is 1.47. The van der Waals surface area contributed by atoms with Gasteiger partial charge in [0, 0.05) is 42.1 Å². The molecule has 1 aromatic carbocycles. The molecule has 1 amide bonds. The van der Waals surface area contributed by atoms with Crippen molar-refractivity contribution in [2.45, 2.75) is 25.0 Å². The molecule has 6 nitrogen and oxygen atoms in total. The summed E-state index contributed by atoms with van der Waals surface area (Å²) in [4.78, 5) is 22.9. The summed E-state index contributed by atoms with van der Waals surface area (Å²) in [5.41, 5.74) is 0.413. The zero-order chi connectivity index (χ0) is 16.9. The second-order valence-electron chi connectivity index (χ2n) is 5.77. The largest absolute Gasteiger partial charge is 0.378 e. The van der Waals surface area contributed by atoms with Crippen LogP contribution in [0.2, 0.25) is 5.02 Å². The molecule has 0 unspecified atom stereocenters. The Balaban J connectivity index is 1.63. The van der Waals surface area contributed by atoms with Gasteiger partial charge < -0.3 is 15.3 Å². The number of anilines is 1. The summed E-state index contributed by atoms with van der Waals surface area (Å²) in [6, 6.07) is 8.52. The number of amides is 1. The molecule has 1 aliphatic rings. The molecule has 2 N–H and O–H groups in total. The van der Waals surface area contributed by atoms with Crippen LogP contribution in [0.15, 0.2) is 42.7 Å². The summed E-state index contributed by atoms with van der Waals surface area (Å²) in [7, 11) is 0. The summed E-state index contributed by atoms with van der Waals surface area (Å²) >= 11 is 6.04. The third-order valence-electron chi connectivity index (χ3n) is 4.05. The minimum absolute atomic E-state index is 0.0628. The van der Waals surface area contributed by atoms with Crippen LogP contribution in [-0.2, 0) is 4.79 Å². The van der Waals surface area contributed by atoms with Gasteiger partial charge in [-0.15, -0.1) is 0 Å². The van der Waals surface area contributed by atoms with Gasteiger partial charge in [0.15, 0.2) is 6.10 Å². The molecule has 1 fully saturated rings. The molecule has 0 saturated carbocycles. The van der Waals surface area contributed by atoms with Crippen LogP contribution >= 0.6 is 11.6 Å². The van der Waals surface area contributed by atoms with Gasteiger partial charge in [-0.1, -0.05) is 29.8 Å². The maximum Gasteiger partial charge on any atom is 0.253 e. The molecule has 3 rings (SSSR count). The van der Waals surface area contributed by atoms with Crippen molar-refractivity contribution in [3.63, 3.8) is 0 Å². The summed E-state index contributed by atoms with van der Waals surface area (Å²) in [5.74, 6) is 0.215. The van der Waals surface area contributed by atoms with Gasteiger partial charge in [0.1, 0.15) is 0 Å². The highest BCUT2D eigenvalue weighted by Crippen LogP contribution is 2.23. The highest BCUT2D eigenvalue weighted by molar-refractivity contribution is 6.31. The molecular weight excluding hydrogens is 328 g/mol. The first-order valence-corrected chi connectivity index (χ1v) is 8.28. The number of carbonyl (C=O) groups is 1. The Morgan fingerprint density at radius 2 is 2.04 bits per heavy atom. The Morgan fingerprint density at radius 1 is 1.29 bits per heavy atom. The second-order valence-corrected chi connectivity index (χ2v) is 6.17. The van der Waals surface area contributed by atoms with E-state index in [4.69, 9.17) is 11.6 Å². The van der Waals surface area contributed by atoms with E-state index in [9.17, 15) is 9.90 Å². The third kappa shape index (κ3) is 3.83. The minimum atomic E-state index is -1.28. The Bertz CT molecular complexity index is 698. The lowest BCUT2D eigenvalue weighted by molar-refractivity contribution is -0.130. The van der Waals surface area contributed by atoms with Crippen LogP contribution in [0.5, 0.6) is 0 Å². The van der Waals surface area contributed by atoms with E-state index in [1.807, 2.05) is 4.90 Å². The molecule has 0 bridgehead atoms. The monoisotopic (exact) mass is 346 g/mol. The van der Waals surface area contributed by atoms with E-state index in [0.29, 0.717) is 23.1 Å². The molecule has 0 spiro atoms. The van der Waals surface area contributed by atoms with Crippen LogP contribution < -0.4 is 10.2 Å². The van der Waals surface area contributed by atoms with Crippen LogP contribution in [0.1, 0.15) is 24.5 Å². The van der Waals surface area contributed by atoms with E-state index in [1.165, 1.54) is 0 Å². The van der Waals surface area contributed by atoms with Crippen molar-refractivity contribution in [3.8, 4) is 0 Å². The predicted octanol–water partition coefficient (Wildman–Crippen LogP) is 1.95. The van der Waals surface area contributed by atoms with Gasteiger partial charge in [-0.3, -0.25) is 4.79 Å². The van der Waals surface area contributed by atoms with Crippen LogP contribution in [0.3, 0.4) is 0 Å². The van der Waals surface area contributed by atoms with Gasteiger partial charge in [0.2, 0.25) is 5.95 Å². The minimum Gasteiger partial charge on any atom is -0.378 e. The number of carbonyl (C=O) groups excluding carboxylic acids is 1. The first-order valence-electron chi connectivity index (χ1n) is 7.90. The standard InChI is InChI=1S/C17H19ClN4O2/c18-14-7-2-1-6-13(14)15(23)16(24)21-12-5-3-10-22(11-12)17-19-8-4-9-20-17/h1-2,4,6-9,12,15,23H,3,5,10-11H2,(H,21,24)/t12-,15-/m1/s1. The highest BCUT2D eigenvalue weighted by atomic mass is 35.5. The lowest BCUT2D eigenvalue weighted by Crippen LogP contribution is -2.49. The lowest BCUT2D eigenvalue weighted by Gasteiger charge is -2.33. The lowest BCUT2D eigenvalue weighted by atomic mass is 10.0. The zero-order valence-corrected chi connectivity index (χ0v) is 13.9. The first kappa shape index (κ1) is 16.7. The van der Waals surface area contributed by atoms with Crippen molar-refractivity contribution in [1.82, 2.24) is 15.3 Å². The average molecular weight is 347 g/mol. The number of rotatable bonds is 4. The van der Waals surface area contributed by atoms with Crippen molar-refractivity contribution in [2.24, 2.45) is 0 Å². The van der Waals surface area contributed by atoms with E-state index in [1.54, 1.807) is 42.7 Å². The quantitative estimate of drug-likeness (QED) is 0.884. The smallest absolute Gasteiger partial charge is 0.253 e. The second kappa shape index (κ2) is 7.59. The first-order chi connectivity index (χ1) is 11.6. The van der Waals surface area contributed by atoms with E-state index in [-0.39, 0.29) is 6.04 Å². The Hall–Kier alpha value is -2.18. The van der Waals surface area contributed by atoms with Gasteiger partial charge in [-0.2, -0.15) is 0 Å². The van der Waals surface area contributed by atoms with Crippen LogP contribution in [0.4, 0.5) is 5.95 Å². The molecule has 1 aromatic heterocycles. The van der Waals surface area contributed by atoms with Crippen LogP contribution in [-0.4, -0.2) is 40.1 Å². The van der Waals surface area contributed by atoms with Crippen LogP contribution in [0, 0.1) is 0 Å². The van der Waals surface area contributed by atoms with E-state index < -0.39 is 12.0 Å². The van der Waals surface area contributed by atoms with E-state index in [2.05, 4.69) is 15.3 Å². The Morgan fingerprint density at radius 3 is 2.79 bits per heavy atom. The number of nitrogens with zero attached hydrogens (tertiary/aromatic N) is 3. The van der Waals surface area contributed by atoms with Gasteiger partial charge >= 0.3 is 0 Å². The molecule has 24 heavy (non-hydrogen) atoms. The summed E-state index contributed by atoms with van der Waals surface area (Å²) in [5, 5.41) is 13.5. The molecular formula is C17H19ClN4O2. The molecule has 1 saturated heterocycles. The predicted molar refractivity (Wildman–Crippen MR) is 91.8 cm³/mol. The maximum absolute atomic E-state index is 12.3. The van der Waals surface area contributed by atoms with Crippen LogP contribution in [0.25, 0.3) is 0 Å². The molecule has 2 aromatic rings. The fourth-order valence-corrected chi connectivity index (χ4v) is 3.09. The van der Waals surface area contributed by atoms with E-state index >= 15 is 0 Å². The van der Waals surface area contributed by atoms with Crippen molar-refractivity contribution < 1.29 is 9.90 Å². The molecule has 7 heteroatoms. The third-order valence-corrected chi connectivity index (χ3v) is 4.40. The number of hydrogen-bond donors (Lipinski definition) is 2. The SMILES string of the molecule is O=C(N[C@@H]1CCCN(c2ncccn2)C1)[C@H](O)c1ccccc1Cl. The Kier molecular flexibility index (Phi) is 5.27. The zero-order valence-electron chi connectivity index (χ0n) is 13.1. The van der Waals surface area contributed by atoms with Crippen molar-refractivity contribution >= 4 is 23.5 Å². The van der Waals surface area contributed by atoms with E-state index in [0.717, 1.165) is 19.4 Å². The van der Waals surface area contributed by atoms with Gasteiger partial charge in [-0.05, 0) is 25.0 Å².